The first kappa shape index (κ1) is 36.3. The summed E-state index contributed by atoms with van der Waals surface area (Å²) in [5.74, 6) is -3.41. The van der Waals surface area contributed by atoms with Crippen molar-refractivity contribution in [3.63, 3.8) is 0 Å². The summed E-state index contributed by atoms with van der Waals surface area (Å²) >= 11 is 4.24. The Morgan fingerprint density at radius 3 is 2.58 bits per heavy atom. The van der Waals surface area contributed by atoms with E-state index in [1.807, 2.05) is 18.2 Å². The van der Waals surface area contributed by atoms with Crippen molar-refractivity contribution in [2.45, 2.75) is 45.2 Å². The number of carbonyl (C=O) groups excluding carboxylic acids is 2. The molecule has 3 aromatic rings. The molecule has 43 heavy (non-hydrogen) atoms. The van der Waals surface area contributed by atoms with Crippen LogP contribution in [0, 0.1) is 13.8 Å². The van der Waals surface area contributed by atoms with Crippen LogP contribution in [0.4, 0.5) is 14.5 Å². The van der Waals surface area contributed by atoms with Crippen LogP contribution in [0.1, 0.15) is 43.5 Å². The number of benzene rings is 1. The average Bonchev–Trinajstić information content (AvgIpc) is 3.58. The van der Waals surface area contributed by atoms with Crippen molar-refractivity contribution < 1.29 is 37.2 Å². The summed E-state index contributed by atoms with van der Waals surface area (Å²) in [6.45, 7) is 12.6. The number of carbonyl (C=O) groups is 1. The van der Waals surface area contributed by atoms with E-state index in [1.54, 1.807) is 35.9 Å². The van der Waals surface area contributed by atoms with E-state index in [2.05, 4.69) is 60.7 Å². The van der Waals surface area contributed by atoms with Crippen LogP contribution in [0.5, 0.6) is 0 Å². The molecule has 3 heterocycles. The minimum Gasteiger partial charge on any atom is -0.417 e. The van der Waals surface area contributed by atoms with Gasteiger partial charge in [0.1, 0.15) is 5.65 Å². The number of nitrogens with zero attached hydrogens (tertiary/aromatic N) is 4. The molecule has 11 heteroatoms. The van der Waals surface area contributed by atoms with E-state index in [9.17, 15) is 18.4 Å². The number of imidazole rings is 1. The fourth-order valence-electron chi connectivity index (χ4n) is 4.83. The standard InChI is InChI=1S/C24H33F2N3OS.C8H5N2O.Li/c1-7-21(16(3)31)22(8-2)23(30)27-19-12-17(11-18(13-19)24(4,25)26)14-29-10-9-20(15-29)28(5)6;11-6-7-5-9-8-3-1-2-4-10(7)8;/h8,11-13,20,31H,1,3,7,9-10,14-15H2,2,4-6H3,(H,27,30);1-5H;/q-2;-1;+1/b21-16-,22-8+;;/t20-;;/m0../s1. The molecule has 1 saturated heterocycles. The molecule has 1 N–H and O–H groups in total. The molecule has 0 unspecified atom stereocenters. The van der Waals surface area contributed by atoms with E-state index in [1.165, 1.54) is 18.3 Å². The number of hydrogen-bond acceptors (Lipinski definition) is 6. The number of rotatable bonds is 9. The summed E-state index contributed by atoms with van der Waals surface area (Å²) in [5.41, 5.74) is 3.20. The molecule has 1 fully saturated rings. The fraction of sp³-hybridized carbons (Fsp3) is 0.344. The fourth-order valence-corrected chi connectivity index (χ4v) is 5.06. The van der Waals surface area contributed by atoms with Crippen molar-refractivity contribution in [3.05, 3.63) is 102 Å². The number of nitrogens with one attached hydrogen (secondary N) is 1. The number of thiol groups is 1. The first-order valence-electron chi connectivity index (χ1n) is 13.6. The number of hydrogen-bond donors (Lipinski definition) is 2. The number of aromatic nitrogens is 2. The molecule has 0 saturated carbocycles. The van der Waals surface area contributed by atoms with Gasteiger partial charge < -0.3 is 31.3 Å². The summed E-state index contributed by atoms with van der Waals surface area (Å²) in [5, 5.41) is 2.78. The van der Waals surface area contributed by atoms with E-state index in [0.717, 1.165) is 37.6 Å². The second-order valence-electron chi connectivity index (χ2n) is 10.5. The molecule has 0 spiro atoms. The van der Waals surface area contributed by atoms with Crippen molar-refractivity contribution >= 4 is 36.2 Å². The third kappa shape index (κ3) is 9.82. The summed E-state index contributed by atoms with van der Waals surface area (Å²) < 4.78 is 30.0. The van der Waals surface area contributed by atoms with Crippen molar-refractivity contribution in [3.8, 4) is 0 Å². The van der Waals surface area contributed by atoms with Crippen LogP contribution in [-0.4, -0.2) is 64.6 Å². The normalized spacial score (nSPS) is 16.3. The maximum Gasteiger partial charge on any atom is 1.00 e. The molecule has 226 valence electrons. The molecule has 1 aliphatic rings. The summed E-state index contributed by atoms with van der Waals surface area (Å²) in [7, 11) is 4.10. The number of likely N-dealkylation sites (tertiary alicyclic amines) is 1. The molecule has 1 amide bonds. The number of fused-ring (bicyclic) bond motifs is 1. The number of allylic oxidation sites excluding steroid dienone is 2. The van der Waals surface area contributed by atoms with Crippen LogP contribution in [0.25, 0.3) is 5.65 Å². The smallest absolute Gasteiger partial charge is 0.417 e. The van der Waals surface area contributed by atoms with Crippen LogP contribution >= 0.6 is 12.6 Å². The van der Waals surface area contributed by atoms with Gasteiger partial charge in [-0.1, -0.05) is 24.0 Å². The predicted octanol–water partition coefficient (Wildman–Crippen LogP) is 2.86. The van der Waals surface area contributed by atoms with E-state index >= 15 is 0 Å². The Morgan fingerprint density at radius 1 is 1.30 bits per heavy atom. The van der Waals surface area contributed by atoms with Crippen LogP contribution in [0.2, 0.25) is 0 Å². The molecular formula is C32H38F2LiN5O2S-2. The molecule has 1 atom stereocenters. The van der Waals surface area contributed by atoms with E-state index in [4.69, 9.17) is 0 Å². The van der Waals surface area contributed by atoms with Gasteiger partial charge in [-0.05, 0) is 68.9 Å². The third-order valence-corrected chi connectivity index (χ3v) is 7.39. The predicted molar refractivity (Wildman–Crippen MR) is 167 cm³/mol. The Balaban J connectivity index is 0.000000446. The van der Waals surface area contributed by atoms with Gasteiger partial charge in [-0.2, -0.15) is 23.1 Å². The Bertz CT molecular complexity index is 1460. The number of pyridine rings is 1. The van der Waals surface area contributed by atoms with Gasteiger partial charge in [0, 0.05) is 56.3 Å². The molecule has 1 aliphatic heterocycles. The summed E-state index contributed by atoms with van der Waals surface area (Å²) in [6, 6.07) is 10.6. The van der Waals surface area contributed by atoms with Gasteiger partial charge in [-0.3, -0.25) is 9.69 Å². The zero-order valence-corrected chi connectivity index (χ0v) is 26.4. The van der Waals surface area contributed by atoms with Gasteiger partial charge in [-0.25, -0.2) is 22.1 Å². The molecule has 0 bridgehead atoms. The minimum atomic E-state index is -3.01. The molecule has 7 nitrogen and oxygen atoms in total. The van der Waals surface area contributed by atoms with Crippen LogP contribution in [0.3, 0.4) is 0 Å². The largest absolute Gasteiger partial charge is 1.00 e. The van der Waals surface area contributed by atoms with Crippen molar-refractivity contribution in [1.29, 1.82) is 0 Å². The SMILES string of the molecule is O=[C-]c1cnc2ccccn12.[CH2-]CC(=C(\[CH2-])S)/C(=C\C)C(=O)Nc1cc(CN2CC[C@H](N(C)C)C2)cc(C(C)(F)F)c1.[Li+]. The van der Waals surface area contributed by atoms with Crippen LogP contribution in [-0.2, 0) is 22.1 Å². The van der Waals surface area contributed by atoms with Gasteiger partial charge in [0.2, 0.25) is 5.91 Å². The van der Waals surface area contributed by atoms with Gasteiger partial charge in [0.15, 0.2) is 0 Å². The number of anilines is 1. The van der Waals surface area contributed by atoms with Gasteiger partial charge >= 0.3 is 18.9 Å². The molecule has 2 aromatic heterocycles. The molecule has 0 radical (unpaired) electrons. The zero-order valence-electron chi connectivity index (χ0n) is 25.5. The van der Waals surface area contributed by atoms with E-state index in [-0.39, 0.29) is 24.4 Å². The third-order valence-electron chi connectivity index (χ3n) is 7.12. The van der Waals surface area contributed by atoms with Gasteiger partial charge in [0.05, 0.1) is 0 Å². The van der Waals surface area contributed by atoms with Crippen LogP contribution in [0.15, 0.2) is 70.9 Å². The maximum atomic E-state index is 14.2. The Labute approximate surface area is 271 Å². The van der Waals surface area contributed by atoms with E-state index < -0.39 is 11.8 Å². The number of alkyl halides is 2. The zero-order chi connectivity index (χ0) is 31.0. The Kier molecular flexibility index (Phi) is 13.7. The Hall–Kier alpha value is -2.87. The molecule has 4 rings (SSSR count). The quantitative estimate of drug-likeness (QED) is 0.130. The van der Waals surface area contributed by atoms with Crippen molar-refractivity contribution in [1.82, 2.24) is 19.2 Å². The second-order valence-corrected chi connectivity index (χ2v) is 11.0. The number of likely N-dealkylation sites (N-methyl/N-ethyl adjacent to an activating group) is 1. The van der Waals surface area contributed by atoms with E-state index in [0.29, 0.717) is 46.4 Å². The summed E-state index contributed by atoms with van der Waals surface area (Å²) in [6.07, 6.45) is 8.12. The first-order chi connectivity index (χ1) is 19.9. The molecule has 0 aliphatic carbocycles. The maximum absolute atomic E-state index is 14.2. The topological polar surface area (TPSA) is 70.0 Å². The first-order valence-corrected chi connectivity index (χ1v) is 14.0. The molecule has 1 aromatic carbocycles. The van der Waals surface area contributed by atoms with Gasteiger partial charge in [-0.15, -0.1) is 0 Å². The van der Waals surface area contributed by atoms with Gasteiger partial charge in [0.25, 0.3) is 5.92 Å². The Morgan fingerprint density at radius 2 is 2.02 bits per heavy atom. The summed E-state index contributed by atoms with van der Waals surface area (Å²) in [4.78, 5) is 32.1. The second kappa shape index (κ2) is 16.3. The monoisotopic (exact) mass is 601 g/mol. The van der Waals surface area contributed by atoms with Crippen molar-refractivity contribution in [2.24, 2.45) is 0 Å². The van der Waals surface area contributed by atoms with Crippen LogP contribution < -0.4 is 24.2 Å². The van der Waals surface area contributed by atoms with Crippen molar-refractivity contribution in [2.75, 3.05) is 32.5 Å². The average molecular weight is 602 g/mol. The number of amides is 1. The molecular weight excluding hydrogens is 563 g/mol. The number of halogens is 2. The minimum absolute atomic E-state index is 0.